The maximum Gasteiger partial charge on any atom is 0.249 e. The third-order valence-electron chi connectivity index (χ3n) is 6.88. The number of nitrogens with one attached hydrogen (secondary N) is 2. The van der Waals surface area contributed by atoms with Gasteiger partial charge in [0, 0.05) is 23.3 Å². The van der Waals surface area contributed by atoms with Crippen LogP contribution in [0.5, 0.6) is 0 Å². The van der Waals surface area contributed by atoms with Crippen molar-refractivity contribution in [2.24, 2.45) is 0 Å². The predicted molar refractivity (Wildman–Crippen MR) is 161 cm³/mol. The monoisotopic (exact) mass is 606 g/mol. The minimum atomic E-state index is -1.53. The van der Waals surface area contributed by atoms with E-state index in [0.29, 0.717) is 34.4 Å². The van der Waals surface area contributed by atoms with Crippen LogP contribution in [0.1, 0.15) is 22.4 Å². The summed E-state index contributed by atoms with van der Waals surface area (Å²) in [5, 5.41) is 25.2. The van der Waals surface area contributed by atoms with Crippen LogP contribution < -0.4 is 10.6 Å². The Morgan fingerprint density at radius 2 is 1.73 bits per heavy atom. The van der Waals surface area contributed by atoms with E-state index in [0.717, 1.165) is 17.8 Å². The van der Waals surface area contributed by atoms with E-state index in [1.807, 2.05) is 36.4 Å². The van der Waals surface area contributed by atoms with Gasteiger partial charge in [-0.2, -0.15) is 9.65 Å². The second-order valence-corrected chi connectivity index (χ2v) is 10.3. The first-order valence-electron chi connectivity index (χ1n) is 13.1. The molecule has 6 aromatic rings. The predicted octanol–water partition coefficient (Wildman–Crippen LogP) is 6.44. The number of nitriles is 1. The second kappa shape index (κ2) is 11.7. The van der Waals surface area contributed by atoms with Gasteiger partial charge in [0.15, 0.2) is 5.82 Å². The lowest BCUT2D eigenvalue weighted by atomic mass is 9.69. The molecular weight excluding hydrogens is 588 g/mol. The Morgan fingerprint density at radius 3 is 2.45 bits per heavy atom. The number of aromatic nitrogens is 5. The molecule has 13 heteroatoms. The summed E-state index contributed by atoms with van der Waals surface area (Å²) in [5.74, 6) is -2.87. The average Bonchev–Trinajstić information content (AvgIpc) is 3.49. The Hall–Kier alpha value is -5.41. The number of fused-ring (bicyclic) bond motifs is 1. The summed E-state index contributed by atoms with van der Waals surface area (Å²) in [4.78, 5) is 7.72. The second-order valence-electron chi connectivity index (χ2n) is 9.86. The van der Waals surface area contributed by atoms with Gasteiger partial charge in [-0.25, -0.2) is 18.4 Å². The van der Waals surface area contributed by atoms with Crippen molar-refractivity contribution < 1.29 is 13.2 Å². The number of pyridine rings is 2. The van der Waals surface area contributed by atoms with Crippen LogP contribution in [0, 0.1) is 28.9 Å². The molecule has 0 aliphatic heterocycles. The van der Waals surface area contributed by atoms with Gasteiger partial charge in [-0.15, -0.1) is 5.10 Å². The van der Waals surface area contributed by atoms with Crippen molar-refractivity contribution in [1.82, 2.24) is 25.0 Å². The Morgan fingerprint density at radius 1 is 0.955 bits per heavy atom. The van der Waals surface area contributed by atoms with Crippen molar-refractivity contribution in [2.45, 2.75) is 12.0 Å². The highest BCUT2D eigenvalue weighted by atomic mass is 35.5. The smallest absolute Gasteiger partial charge is 0.249 e. The average molecular weight is 607 g/mol. The highest BCUT2D eigenvalue weighted by Crippen LogP contribution is 2.37. The molecule has 0 saturated carbocycles. The number of rotatable bonds is 8. The van der Waals surface area contributed by atoms with E-state index in [4.69, 9.17) is 19.4 Å². The summed E-state index contributed by atoms with van der Waals surface area (Å²) in [6, 6.07) is 21.5. The Balaban J connectivity index is 1.44. The van der Waals surface area contributed by atoms with Gasteiger partial charge in [0.25, 0.3) is 0 Å². The van der Waals surface area contributed by atoms with Crippen molar-refractivity contribution >= 4 is 47.4 Å². The molecule has 3 aromatic carbocycles. The Bertz CT molecular complexity index is 2030. The van der Waals surface area contributed by atoms with E-state index in [1.54, 1.807) is 23.0 Å². The van der Waals surface area contributed by atoms with Crippen molar-refractivity contribution in [1.29, 1.82) is 5.26 Å². The fraction of sp³-hybridized carbons (Fsp3) is 0.0645. The molecule has 0 aliphatic rings. The largest absolute Gasteiger partial charge is 0.378 e. The van der Waals surface area contributed by atoms with E-state index >= 15 is 0 Å². The molecule has 3 heterocycles. The minimum absolute atomic E-state index is 0.0944. The van der Waals surface area contributed by atoms with Crippen molar-refractivity contribution in [2.75, 3.05) is 10.6 Å². The zero-order valence-electron chi connectivity index (χ0n) is 22.6. The fourth-order valence-electron chi connectivity index (χ4n) is 4.74. The van der Waals surface area contributed by atoms with E-state index in [2.05, 4.69) is 30.9 Å². The first-order chi connectivity index (χ1) is 21.2. The molecule has 1 atom stereocenters. The molecule has 0 amide bonds. The van der Waals surface area contributed by atoms with Crippen LogP contribution in [0.3, 0.4) is 0 Å². The first kappa shape index (κ1) is 28.7. The lowest BCUT2D eigenvalue weighted by Crippen LogP contribution is -2.37. The van der Waals surface area contributed by atoms with Crippen LogP contribution in [0.25, 0.3) is 10.9 Å². The molecule has 0 fully saturated rings. The van der Waals surface area contributed by atoms with Crippen LogP contribution >= 0.6 is 11.6 Å². The topological polar surface area (TPSA) is 104 Å². The maximum absolute atomic E-state index is 13.9. The number of halogens is 4. The van der Waals surface area contributed by atoms with Gasteiger partial charge in [-0.3, -0.25) is 4.98 Å². The number of hydrogen-bond donors (Lipinski definition) is 2. The van der Waals surface area contributed by atoms with Crippen LogP contribution in [0.15, 0.2) is 91.4 Å². The maximum atomic E-state index is 13.9. The van der Waals surface area contributed by atoms with Gasteiger partial charge in [-0.05, 0) is 35.4 Å². The number of hydrogen-bond acceptors (Lipinski definition) is 7. The summed E-state index contributed by atoms with van der Waals surface area (Å²) >= 11 is 6.66. The van der Waals surface area contributed by atoms with Gasteiger partial charge >= 0.3 is 0 Å². The van der Waals surface area contributed by atoms with E-state index in [9.17, 15) is 18.4 Å². The van der Waals surface area contributed by atoms with Gasteiger partial charge in [0.1, 0.15) is 25.4 Å². The Kier molecular flexibility index (Phi) is 7.63. The lowest BCUT2D eigenvalue weighted by molar-refractivity contribution is 0.480. The van der Waals surface area contributed by atoms with Gasteiger partial charge in [0.2, 0.25) is 5.95 Å². The van der Waals surface area contributed by atoms with E-state index in [1.165, 1.54) is 30.5 Å². The highest BCUT2D eigenvalue weighted by Gasteiger charge is 2.32. The molecule has 0 saturated heterocycles. The molecule has 44 heavy (non-hydrogen) atoms. The SMILES string of the molecule is [B]C(Nc1cc(Cl)c2ncc(C#N)c(Nc3cnc(F)c(F)c3)c2c1)(c1ccc(F)cc1)c1cn(Cc2ccccc2)nn1. The van der Waals surface area contributed by atoms with Crippen LogP contribution in [-0.2, 0) is 12.0 Å². The normalized spacial score (nSPS) is 12.4. The molecule has 6 rings (SSSR count). The van der Waals surface area contributed by atoms with E-state index < -0.39 is 23.0 Å². The first-order valence-corrected chi connectivity index (χ1v) is 13.5. The summed E-state index contributed by atoms with van der Waals surface area (Å²) in [6.45, 7) is 0.436. The van der Waals surface area contributed by atoms with Crippen LogP contribution in [0.4, 0.5) is 30.2 Å². The summed E-state index contributed by atoms with van der Waals surface area (Å²) < 4.78 is 42.9. The highest BCUT2D eigenvalue weighted by molar-refractivity contribution is 6.36. The molecule has 2 N–H and O–H groups in total. The zero-order chi connectivity index (χ0) is 30.8. The molecular formula is C31H19BClF3N8. The summed E-state index contributed by atoms with van der Waals surface area (Å²) in [7, 11) is 7.01. The minimum Gasteiger partial charge on any atom is -0.378 e. The van der Waals surface area contributed by atoms with Crippen molar-refractivity contribution in [3.8, 4) is 6.07 Å². The third kappa shape index (κ3) is 5.65. The van der Waals surface area contributed by atoms with Crippen LogP contribution in [0.2, 0.25) is 5.02 Å². The quantitative estimate of drug-likeness (QED) is 0.152. The molecule has 214 valence electrons. The standard InChI is InChI=1S/C31H19BClF3N8/c32-31(20-6-8-21(34)9-7-20,27-17-44(43-42-27)16-18-4-2-1-3-5-18)41-22-10-24-28(40-23-12-26(35)30(36)39-15-23)19(13-37)14-38-29(24)25(33)11-22/h1-12,14-15,17,41H,16H2,(H,38,40). The Labute approximate surface area is 255 Å². The van der Waals surface area contributed by atoms with Crippen molar-refractivity contribution in [3.63, 3.8) is 0 Å². The molecule has 0 spiro atoms. The van der Waals surface area contributed by atoms with Gasteiger partial charge < -0.3 is 10.6 Å². The molecule has 0 aliphatic carbocycles. The summed E-state index contributed by atoms with van der Waals surface area (Å²) in [5.41, 5.74) is 1.41. The van der Waals surface area contributed by atoms with Crippen LogP contribution in [-0.4, -0.2) is 32.8 Å². The van der Waals surface area contributed by atoms with Gasteiger partial charge in [0.05, 0.1) is 51.9 Å². The number of benzene rings is 3. The molecule has 8 nitrogen and oxygen atoms in total. The molecule has 1 unspecified atom stereocenters. The van der Waals surface area contributed by atoms with Gasteiger partial charge in [-0.1, -0.05) is 59.3 Å². The van der Waals surface area contributed by atoms with Crippen molar-refractivity contribution in [3.05, 3.63) is 136 Å². The molecule has 2 radical (unpaired) electrons. The lowest BCUT2D eigenvalue weighted by Gasteiger charge is -2.32. The number of nitrogens with zero attached hydrogens (tertiary/aromatic N) is 6. The molecule has 0 bridgehead atoms. The number of anilines is 3. The van der Waals surface area contributed by atoms with E-state index in [-0.39, 0.29) is 22.0 Å². The zero-order valence-corrected chi connectivity index (χ0v) is 23.4. The molecule has 3 aromatic heterocycles. The summed E-state index contributed by atoms with van der Waals surface area (Å²) in [6.07, 6.45) is 4.09. The third-order valence-corrected chi connectivity index (χ3v) is 7.17. The fourth-order valence-corrected chi connectivity index (χ4v) is 5.00.